The van der Waals surface area contributed by atoms with Crippen LogP contribution in [0.15, 0.2) is 61.3 Å². The van der Waals surface area contributed by atoms with Crippen molar-refractivity contribution < 1.29 is 26.4 Å². The van der Waals surface area contributed by atoms with Gasteiger partial charge in [0.1, 0.15) is 6.04 Å². The Morgan fingerprint density at radius 3 is 2.04 bits per heavy atom. The van der Waals surface area contributed by atoms with Crippen molar-refractivity contribution >= 4 is 0 Å². The number of halogens is 1. The number of quaternary nitrogens is 1. The molecule has 124 valence electrons. The summed E-state index contributed by atoms with van der Waals surface area (Å²) >= 11 is 0. The molecule has 0 aliphatic rings. The monoisotopic (exact) mass is 333 g/mol. The summed E-state index contributed by atoms with van der Waals surface area (Å²) in [7, 11) is 7.59. The van der Waals surface area contributed by atoms with E-state index in [1.54, 1.807) is 14.2 Å². The molecule has 0 aliphatic heterocycles. The van der Waals surface area contributed by atoms with Gasteiger partial charge in [-0.1, -0.05) is 30.3 Å². The number of ether oxygens (including phenoxy) is 2. The summed E-state index contributed by atoms with van der Waals surface area (Å²) in [6.45, 7) is 4.00. The molecule has 0 amide bonds. The van der Waals surface area contributed by atoms with Crippen LogP contribution in [0, 0.1) is 0 Å². The highest BCUT2D eigenvalue weighted by molar-refractivity contribution is 5.45. The van der Waals surface area contributed by atoms with E-state index in [0.717, 1.165) is 17.1 Å². The van der Waals surface area contributed by atoms with Gasteiger partial charge in [-0.25, -0.2) is 0 Å². The molecular formula is C19H24ClNO2. The standard InChI is InChI=1S/C19H24NO2.ClH/c1-6-20(2,3)19(15-10-8-7-9-11-15)16-12-13-17(21-4)18(14-16)22-5;/h6-14,19H,1H2,2-5H3;1H/q+1;/p-1. The predicted molar refractivity (Wildman–Crippen MR) is 90.1 cm³/mol. The van der Waals surface area contributed by atoms with E-state index in [1.165, 1.54) is 5.56 Å². The van der Waals surface area contributed by atoms with Gasteiger partial charge in [-0.15, -0.1) is 0 Å². The molecule has 3 nitrogen and oxygen atoms in total. The Morgan fingerprint density at radius 1 is 0.913 bits per heavy atom. The van der Waals surface area contributed by atoms with E-state index in [9.17, 15) is 0 Å². The maximum Gasteiger partial charge on any atom is 0.161 e. The molecule has 2 aromatic rings. The third kappa shape index (κ3) is 4.06. The lowest BCUT2D eigenvalue weighted by Gasteiger charge is -2.35. The Bertz CT molecular complexity index is 641. The van der Waals surface area contributed by atoms with Crippen LogP contribution in [0.5, 0.6) is 11.5 Å². The Balaban J connectivity index is 0.00000264. The highest BCUT2D eigenvalue weighted by Crippen LogP contribution is 2.37. The zero-order valence-electron chi connectivity index (χ0n) is 14.1. The third-order valence-electron chi connectivity index (χ3n) is 3.97. The maximum absolute atomic E-state index is 5.45. The zero-order chi connectivity index (χ0) is 16.2. The van der Waals surface area contributed by atoms with Crippen molar-refractivity contribution in [3.63, 3.8) is 0 Å². The second kappa shape index (κ2) is 8.04. The summed E-state index contributed by atoms with van der Waals surface area (Å²) in [6.07, 6.45) is 1.95. The fourth-order valence-corrected chi connectivity index (χ4v) is 2.72. The van der Waals surface area contributed by atoms with Crippen molar-refractivity contribution in [2.75, 3.05) is 28.3 Å². The van der Waals surface area contributed by atoms with Gasteiger partial charge in [-0.3, -0.25) is 4.48 Å². The van der Waals surface area contributed by atoms with Gasteiger partial charge < -0.3 is 21.9 Å². The number of rotatable bonds is 6. The summed E-state index contributed by atoms with van der Waals surface area (Å²) in [6, 6.07) is 16.7. The number of hydrogen-bond acceptors (Lipinski definition) is 2. The van der Waals surface area contributed by atoms with Gasteiger partial charge in [-0.05, 0) is 24.8 Å². The topological polar surface area (TPSA) is 18.5 Å². The van der Waals surface area contributed by atoms with Gasteiger partial charge in [0.25, 0.3) is 0 Å². The Labute approximate surface area is 145 Å². The fourth-order valence-electron chi connectivity index (χ4n) is 2.72. The van der Waals surface area contributed by atoms with Crippen LogP contribution in [0.1, 0.15) is 17.2 Å². The first-order chi connectivity index (χ1) is 10.5. The van der Waals surface area contributed by atoms with Crippen molar-refractivity contribution in [1.82, 2.24) is 0 Å². The van der Waals surface area contributed by atoms with Crippen molar-refractivity contribution in [3.05, 3.63) is 72.4 Å². The molecule has 2 aromatic carbocycles. The second-order valence-corrected chi connectivity index (χ2v) is 5.74. The summed E-state index contributed by atoms with van der Waals surface area (Å²) in [5, 5.41) is 0. The van der Waals surface area contributed by atoms with Crippen molar-refractivity contribution in [1.29, 1.82) is 0 Å². The predicted octanol–water partition coefficient (Wildman–Crippen LogP) is 1.02. The van der Waals surface area contributed by atoms with E-state index in [2.05, 4.69) is 51.0 Å². The largest absolute Gasteiger partial charge is 1.00 e. The molecule has 0 heterocycles. The van der Waals surface area contributed by atoms with Crippen LogP contribution >= 0.6 is 0 Å². The SMILES string of the molecule is C=C[N+](C)(C)C(c1ccccc1)c1ccc(OC)c(OC)c1.[Cl-]. The van der Waals surface area contributed by atoms with E-state index in [-0.39, 0.29) is 18.4 Å². The molecule has 2 rings (SSSR count). The third-order valence-corrected chi connectivity index (χ3v) is 3.97. The first-order valence-corrected chi connectivity index (χ1v) is 7.27. The number of nitrogens with zero attached hydrogens (tertiary/aromatic N) is 1. The number of methoxy groups -OCH3 is 2. The lowest BCUT2D eigenvalue weighted by Crippen LogP contribution is -3.00. The van der Waals surface area contributed by atoms with Crippen molar-refractivity contribution in [2.45, 2.75) is 6.04 Å². The smallest absolute Gasteiger partial charge is 0.161 e. The van der Waals surface area contributed by atoms with Crippen LogP contribution in [0.2, 0.25) is 0 Å². The molecule has 0 saturated heterocycles. The molecule has 1 unspecified atom stereocenters. The lowest BCUT2D eigenvalue weighted by molar-refractivity contribution is -0.865. The average molecular weight is 334 g/mol. The van der Waals surface area contributed by atoms with E-state index in [1.807, 2.05) is 24.4 Å². The lowest BCUT2D eigenvalue weighted by atomic mass is 9.95. The van der Waals surface area contributed by atoms with Crippen molar-refractivity contribution in [3.8, 4) is 11.5 Å². The highest BCUT2D eigenvalue weighted by Gasteiger charge is 2.30. The fraction of sp³-hybridized carbons (Fsp3) is 0.263. The quantitative estimate of drug-likeness (QED) is 0.735. The first-order valence-electron chi connectivity index (χ1n) is 7.27. The molecule has 0 N–H and O–H groups in total. The summed E-state index contributed by atoms with van der Waals surface area (Å²) in [5.74, 6) is 1.48. The summed E-state index contributed by atoms with van der Waals surface area (Å²) in [5.41, 5.74) is 2.40. The van der Waals surface area contributed by atoms with E-state index in [4.69, 9.17) is 9.47 Å². The summed E-state index contributed by atoms with van der Waals surface area (Å²) in [4.78, 5) is 0. The van der Waals surface area contributed by atoms with Gasteiger partial charge in [0.15, 0.2) is 11.5 Å². The number of hydrogen-bond donors (Lipinski definition) is 0. The minimum Gasteiger partial charge on any atom is -1.00 e. The van der Waals surface area contributed by atoms with Crippen LogP contribution in [0.4, 0.5) is 0 Å². The minimum atomic E-state index is 0. The molecule has 4 heteroatoms. The van der Waals surface area contributed by atoms with Gasteiger partial charge in [0.2, 0.25) is 0 Å². The second-order valence-electron chi connectivity index (χ2n) is 5.74. The molecule has 1 atom stereocenters. The molecule has 0 saturated carbocycles. The van der Waals surface area contributed by atoms with Gasteiger partial charge in [0, 0.05) is 11.1 Å². The molecular weight excluding hydrogens is 310 g/mol. The van der Waals surface area contributed by atoms with Gasteiger partial charge in [-0.2, -0.15) is 0 Å². The van der Waals surface area contributed by atoms with Crippen LogP contribution in [0.25, 0.3) is 0 Å². The van der Waals surface area contributed by atoms with Crippen LogP contribution in [0.3, 0.4) is 0 Å². The summed E-state index contributed by atoms with van der Waals surface area (Å²) < 4.78 is 11.4. The number of benzene rings is 2. The molecule has 0 fully saturated rings. The Kier molecular flexibility index (Phi) is 6.67. The maximum atomic E-state index is 5.45. The van der Waals surface area contributed by atoms with Crippen LogP contribution < -0.4 is 21.9 Å². The van der Waals surface area contributed by atoms with E-state index >= 15 is 0 Å². The first kappa shape index (κ1) is 19.1. The van der Waals surface area contributed by atoms with Crippen LogP contribution in [-0.4, -0.2) is 32.8 Å². The highest BCUT2D eigenvalue weighted by atomic mass is 35.5. The molecule has 23 heavy (non-hydrogen) atoms. The zero-order valence-corrected chi connectivity index (χ0v) is 14.9. The molecule has 0 bridgehead atoms. The normalized spacial score (nSPS) is 12.0. The van der Waals surface area contributed by atoms with Crippen LogP contribution in [-0.2, 0) is 0 Å². The molecule has 0 radical (unpaired) electrons. The van der Waals surface area contributed by atoms with Gasteiger partial charge >= 0.3 is 0 Å². The van der Waals surface area contributed by atoms with E-state index in [0.29, 0.717) is 4.48 Å². The Hall–Kier alpha value is -1.97. The van der Waals surface area contributed by atoms with Gasteiger partial charge in [0.05, 0.1) is 34.5 Å². The average Bonchev–Trinajstić information content (AvgIpc) is 2.55. The minimum absolute atomic E-state index is 0. The molecule has 0 aliphatic carbocycles. The Morgan fingerprint density at radius 2 is 1.52 bits per heavy atom. The van der Waals surface area contributed by atoms with Crippen molar-refractivity contribution in [2.24, 2.45) is 0 Å². The molecule has 0 spiro atoms. The van der Waals surface area contributed by atoms with E-state index < -0.39 is 0 Å². The molecule has 0 aromatic heterocycles.